The topological polar surface area (TPSA) is 41.6 Å². The van der Waals surface area contributed by atoms with Crippen LogP contribution in [-0.2, 0) is 9.53 Å². The first-order chi connectivity index (χ1) is 5.75. The molecule has 1 rings (SSSR count). The predicted molar refractivity (Wildman–Crippen MR) is 45.9 cm³/mol. The Labute approximate surface area is 72.9 Å². The number of rotatable bonds is 2. The van der Waals surface area contributed by atoms with Crippen LogP contribution in [-0.4, -0.2) is 50.2 Å². The Bertz CT molecular complexity index is 155. The molecular weight excluding hydrogens is 156 g/mol. The largest absolute Gasteiger partial charge is 0.378 e. The molecule has 1 amide bonds. The highest BCUT2D eigenvalue weighted by Gasteiger charge is 2.20. The fraction of sp³-hybridized carbons (Fsp3) is 0.875. The third kappa shape index (κ3) is 2.19. The number of nitrogens with zero attached hydrogens (tertiary/aromatic N) is 1. The van der Waals surface area contributed by atoms with E-state index in [1.54, 1.807) is 7.05 Å². The van der Waals surface area contributed by atoms with Crippen molar-refractivity contribution in [1.82, 2.24) is 10.2 Å². The van der Waals surface area contributed by atoms with E-state index in [0.717, 1.165) is 13.1 Å². The number of carbonyl (C=O) groups is 1. The van der Waals surface area contributed by atoms with Gasteiger partial charge in [-0.05, 0) is 14.0 Å². The van der Waals surface area contributed by atoms with Crippen LogP contribution in [0.2, 0.25) is 0 Å². The molecule has 0 saturated carbocycles. The molecule has 1 atom stereocenters. The fourth-order valence-electron chi connectivity index (χ4n) is 1.18. The van der Waals surface area contributed by atoms with Crippen LogP contribution in [0.15, 0.2) is 0 Å². The van der Waals surface area contributed by atoms with Gasteiger partial charge in [-0.1, -0.05) is 0 Å². The van der Waals surface area contributed by atoms with Crippen LogP contribution in [0, 0.1) is 0 Å². The molecule has 0 aliphatic carbocycles. The van der Waals surface area contributed by atoms with Crippen LogP contribution in [0.4, 0.5) is 0 Å². The van der Waals surface area contributed by atoms with E-state index in [1.807, 2.05) is 11.8 Å². The Morgan fingerprint density at radius 1 is 1.50 bits per heavy atom. The summed E-state index contributed by atoms with van der Waals surface area (Å²) in [6, 6.07) is -0.0805. The second-order valence-corrected chi connectivity index (χ2v) is 2.95. The molecule has 0 spiro atoms. The third-order valence-corrected chi connectivity index (χ3v) is 2.13. The van der Waals surface area contributed by atoms with E-state index in [0.29, 0.717) is 13.2 Å². The Hall–Kier alpha value is -0.610. The van der Waals surface area contributed by atoms with Gasteiger partial charge in [-0.15, -0.1) is 0 Å². The van der Waals surface area contributed by atoms with E-state index in [9.17, 15) is 4.79 Å². The van der Waals surface area contributed by atoms with Crippen LogP contribution >= 0.6 is 0 Å². The minimum absolute atomic E-state index is 0.0805. The molecule has 1 saturated heterocycles. The standard InChI is InChI=1S/C8H16N2O2/c1-7(9-2)8(11)10-3-5-12-6-4-10/h7,9H,3-6H2,1-2H3/t7-/m0/s1. The fourth-order valence-corrected chi connectivity index (χ4v) is 1.18. The van der Waals surface area contributed by atoms with E-state index in [2.05, 4.69) is 5.32 Å². The van der Waals surface area contributed by atoms with Crippen LogP contribution in [0.5, 0.6) is 0 Å². The zero-order valence-electron chi connectivity index (χ0n) is 7.67. The van der Waals surface area contributed by atoms with E-state index in [-0.39, 0.29) is 11.9 Å². The van der Waals surface area contributed by atoms with Gasteiger partial charge in [0.15, 0.2) is 0 Å². The van der Waals surface area contributed by atoms with Gasteiger partial charge < -0.3 is 15.0 Å². The Morgan fingerprint density at radius 3 is 2.58 bits per heavy atom. The normalized spacial score (nSPS) is 20.7. The van der Waals surface area contributed by atoms with Gasteiger partial charge in [0.2, 0.25) is 5.91 Å². The lowest BCUT2D eigenvalue weighted by molar-refractivity contribution is -0.136. The number of hydrogen-bond donors (Lipinski definition) is 1. The molecule has 1 aliphatic rings. The van der Waals surface area contributed by atoms with Crippen molar-refractivity contribution >= 4 is 5.91 Å². The molecule has 0 bridgehead atoms. The Kier molecular flexibility index (Phi) is 3.49. The summed E-state index contributed by atoms with van der Waals surface area (Å²) in [5.74, 6) is 0.167. The average molecular weight is 172 g/mol. The lowest BCUT2D eigenvalue weighted by atomic mass is 10.3. The second kappa shape index (κ2) is 4.42. The number of hydrogen-bond acceptors (Lipinski definition) is 3. The van der Waals surface area contributed by atoms with Crippen molar-refractivity contribution in [3.63, 3.8) is 0 Å². The molecule has 70 valence electrons. The first kappa shape index (κ1) is 9.48. The second-order valence-electron chi connectivity index (χ2n) is 2.95. The Morgan fingerprint density at radius 2 is 2.08 bits per heavy atom. The molecule has 0 aromatic rings. The molecule has 1 heterocycles. The summed E-state index contributed by atoms with van der Waals surface area (Å²) in [5.41, 5.74) is 0. The zero-order valence-corrected chi connectivity index (χ0v) is 7.67. The predicted octanol–water partition coefficient (Wildman–Crippen LogP) is -0.547. The molecule has 0 aromatic carbocycles. The van der Waals surface area contributed by atoms with Crippen molar-refractivity contribution in [1.29, 1.82) is 0 Å². The van der Waals surface area contributed by atoms with Gasteiger partial charge in [0, 0.05) is 13.1 Å². The van der Waals surface area contributed by atoms with Gasteiger partial charge in [0.25, 0.3) is 0 Å². The molecule has 0 unspecified atom stereocenters. The highest BCUT2D eigenvalue weighted by Crippen LogP contribution is 1.99. The monoisotopic (exact) mass is 172 g/mol. The summed E-state index contributed by atoms with van der Waals surface area (Å²) >= 11 is 0. The lowest BCUT2D eigenvalue weighted by Crippen LogP contribution is -2.48. The first-order valence-electron chi connectivity index (χ1n) is 4.29. The maximum absolute atomic E-state index is 11.5. The third-order valence-electron chi connectivity index (χ3n) is 2.13. The number of likely N-dealkylation sites (N-methyl/N-ethyl adjacent to an activating group) is 1. The molecule has 1 aliphatic heterocycles. The highest BCUT2D eigenvalue weighted by atomic mass is 16.5. The molecule has 1 fully saturated rings. The lowest BCUT2D eigenvalue weighted by Gasteiger charge is -2.29. The number of ether oxygens (including phenoxy) is 1. The van der Waals surface area contributed by atoms with Crippen molar-refractivity contribution < 1.29 is 9.53 Å². The minimum atomic E-state index is -0.0805. The van der Waals surface area contributed by atoms with Gasteiger partial charge in [0.1, 0.15) is 0 Å². The van der Waals surface area contributed by atoms with Gasteiger partial charge in [-0.25, -0.2) is 0 Å². The quantitative estimate of drug-likeness (QED) is 0.608. The van der Waals surface area contributed by atoms with E-state index >= 15 is 0 Å². The van der Waals surface area contributed by atoms with Gasteiger partial charge in [0.05, 0.1) is 19.3 Å². The number of amides is 1. The molecule has 0 aromatic heterocycles. The summed E-state index contributed by atoms with van der Waals surface area (Å²) < 4.78 is 5.15. The summed E-state index contributed by atoms with van der Waals surface area (Å²) in [6.07, 6.45) is 0. The molecule has 0 radical (unpaired) electrons. The number of carbonyl (C=O) groups excluding carboxylic acids is 1. The highest BCUT2D eigenvalue weighted by molar-refractivity contribution is 5.81. The van der Waals surface area contributed by atoms with Crippen LogP contribution in [0.3, 0.4) is 0 Å². The van der Waals surface area contributed by atoms with Gasteiger partial charge in [-0.2, -0.15) is 0 Å². The van der Waals surface area contributed by atoms with Crippen molar-refractivity contribution in [2.24, 2.45) is 0 Å². The molecule has 4 nitrogen and oxygen atoms in total. The molecule has 12 heavy (non-hydrogen) atoms. The van der Waals surface area contributed by atoms with Gasteiger partial charge >= 0.3 is 0 Å². The maximum Gasteiger partial charge on any atom is 0.239 e. The summed E-state index contributed by atoms with van der Waals surface area (Å²) in [7, 11) is 1.79. The van der Waals surface area contributed by atoms with E-state index in [4.69, 9.17) is 4.74 Å². The molecule has 1 N–H and O–H groups in total. The van der Waals surface area contributed by atoms with E-state index in [1.165, 1.54) is 0 Å². The molecule has 4 heteroatoms. The van der Waals surface area contributed by atoms with Crippen LogP contribution < -0.4 is 5.32 Å². The minimum Gasteiger partial charge on any atom is -0.378 e. The van der Waals surface area contributed by atoms with Crippen molar-refractivity contribution in [2.75, 3.05) is 33.4 Å². The van der Waals surface area contributed by atoms with E-state index < -0.39 is 0 Å². The summed E-state index contributed by atoms with van der Waals surface area (Å²) in [5, 5.41) is 2.93. The molecular formula is C8H16N2O2. The van der Waals surface area contributed by atoms with Gasteiger partial charge in [-0.3, -0.25) is 4.79 Å². The first-order valence-corrected chi connectivity index (χ1v) is 4.29. The Balaban J connectivity index is 2.39. The van der Waals surface area contributed by atoms with Crippen LogP contribution in [0.1, 0.15) is 6.92 Å². The zero-order chi connectivity index (χ0) is 8.97. The van der Waals surface area contributed by atoms with Crippen molar-refractivity contribution in [2.45, 2.75) is 13.0 Å². The van der Waals surface area contributed by atoms with Crippen molar-refractivity contribution in [3.8, 4) is 0 Å². The van der Waals surface area contributed by atoms with Crippen LogP contribution in [0.25, 0.3) is 0 Å². The SMILES string of the molecule is CN[C@@H](C)C(=O)N1CCOCC1. The number of nitrogens with one attached hydrogen (secondary N) is 1. The maximum atomic E-state index is 11.5. The summed E-state index contributed by atoms with van der Waals surface area (Å²) in [6.45, 7) is 4.66. The number of morpholine rings is 1. The smallest absolute Gasteiger partial charge is 0.239 e. The summed E-state index contributed by atoms with van der Waals surface area (Å²) in [4.78, 5) is 13.4. The van der Waals surface area contributed by atoms with Crippen molar-refractivity contribution in [3.05, 3.63) is 0 Å². The average Bonchev–Trinajstić information content (AvgIpc) is 2.17.